The lowest BCUT2D eigenvalue weighted by Crippen LogP contribution is -2.22. The van der Waals surface area contributed by atoms with E-state index in [9.17, 15) is 9.36 Å². The van der Waals surface area contributed by atoms with Crippen LogP contribution in [-0.2, 0) is 4.57 Å². The molecule has 4 heteroatoms. The molecule has 132 valence electrons. The Morgan fingerprint density at radius 3 is 1.62 bits per heavy atom. The Hall–Kier alpha value is -2.15. The van der Waals surface area contributed by atoms with Crippen LogP contribution in [0.25, 0.3) is 0 Å². The first-order chi connectivity index (χ1) is 12.4. The summed E-state index contributed by atoms with van der Waals surface area (Å²) in [7, 11) is -3.08. The van der Waals surface area contributed by atoms with Gasteiger partial charge in [-0.15, -0.1) is 0 Å². The molecule has 0 spiro atoms. The van der Waals surface area contributed by atoms with Gasteiger partial charge in [0.05, 0.1) is 6.16 Å². The van der Waals surface area contributed by atoms with E-state index in [4.69, 9.17) is 11.6 Å². The van der Waals surface area contributed by atoms with Gasteiger partial charge < -0.3 is 4.57 Å². The van der Waals surface area contributed by atoms with Gasteiger partial charge in [0.25, 0.3) is 0 Å². The number of Topliss-reactive ketones (excluding diaryl/α,β-unsaturated/α-hetero) is 1. The highest BCUT2D eigenvalue weighted by Crippen LogP contribution is 2.44. The van der Waals surface area contributed by atoms with E-state index in [2.05, 4.69) is 0 Å². The molecule has 0 saturated carbocycles. The van der Waals surface area contributed by atoms with E-state index in [-0.39, 0.29) is 11.9 Å². The Kier molecular flexibility index (Phi) is 5.46. The molecule has 0 saturated heterocycles. The van der Waals surface area contributed by atoms with Gasteiger partial charge in [-0.25, -0.2) is 0 Å². The number of rotatable bonds is 5. The maximum Gasteiger partial charge on any atom is 0.170 e. The number of halogens is 1. The standard InChI is InChI=1S/C22H20ClO2P/c1-16-3-11-20(12-4-16)26(25,21-13-5-17(2)6-14-21)15-22(24)18-7-9-19(23)10-8-18/h3-14H,15H2,1-2H3. The summed E-state index contributed by atoms with van der Waals surface area (Å²) in [6.45, 7) is 3.97. The number of aryl methyl sites for hydroxylation is 2. The monoisotopic (exact) mass is 382 g/mol. The van der Waals surface area contributed by atoms with Gasteiger partial charge in [-0.05, 0) is 38.1 Å². The molecule has 2 nitrogen and oxygen atoms in total. The zero-order valence-corrected chi connectivity index (χ0v) is 16.4. The van der Waals surface area contributed by atoms with Gasteiger partial charge in [0, 0.05) is 21.2 Å². The first kappa shape index (κ1) is 18.6. The Balaban J connectivity index is 2.04. The van der Waals surface area contributed by atoms with Crippen LogP contribution in [0.2, 0.25) is 5.02 Å². The number of hydrogen-bond acceptors (Lipinski definition) is 2. The Bertz CT molecular complexity index is 909. The molecule has 0 heterocycles. The second-order valence-electron chi connectivity index (χ2n) is 6.50. The van der Waals surface area contributed by atoms with Crippen LogP contribution in [0.4, 0.5) is 0 Å². The summed E-state index contributed by atoms with van der Waals surface area (Å²) in [6.07, 6.45) is -0.0409. The lowest BCUT2D eigenvalue weighted by atomic mass is 10.1. The minimum absolute atomic E-state index is 0.0409. The van der Waals surface area contributed by atoms with Gasteiger partial charge >= 0.3 is 0 Å². The van der Waals surface area contributed by atoms with E-state index in [1.54, 1.807) is 24.3 Å². The first-order valence-electron chi connectivity index (χ1n) is 8.41. The van der Waals surface area contributed by atoms with E-state index in [1.807, 2.05) is 62.4 Å². The maximum absolute atomic E-state index is 14.0. The average molecular weight is 383 g/mol. The van der Waals surface area contributed by atoms with Crippen molar-refractivity contribution in [2.75, 3.05) is 6.16 Å². The Labute approximate surface area is 159 Å². The van der Waals surface area contributed by atoms with E-state index < -0.39 is 7.14 Å². The van der Waals surface area contributed by atoms with Crippen molar-refractivity contribution in [2.45, 2.75) is 13.8 Å². The molecule has 3 aromatic carbocycles. The van der Waals surface area contributed by atoms with Crippen molar-refractivity contribution >= 4 is 35.1 Å². The largest absolute Gasteiger partial charge is 0.313 e. The van der Waals surface area contributed by atoms with Crippen molar-refractivity contribution in [1.82, 2.24) is 0 Å². The minimum Gasteiger partial charge on any atom is -0.313 e. The predicted molar refractivity (Wildman–Crippen MR) is 110 cm³/mol. The molecule has 0 aliphatic heterocycles. The number of hydrogen-bond donors (Lipinski definition) is 0. The number of carbonyl (C=O) groups is 1. The highest BCUT2D eigenvalue weighted by atomic mass is 35.5. The molecule has 0 bridgehead atoms. The summed E-state index contributed by atoms with van der Waals surface area (Å²) < 4.78 is 14.0. The van der Waals surface area contributed by atoms with Crippen LogP contribution in [0.15, 0.2) is 72.8 Å². The number of ketones is 1. The highest BCUT2D eigenvalue weighted by Gasteiger charge is 2.30. The summed E-state index contributed by atoms with van der Waals surface area (Å²) >= 11 is 5.90. The second kappa shape index (κ2) is 7.61. The minimum atomic E-state index is -3.08. The molecular formula is C22H20ClO2P. The fraction of sp³-hybridized carbons (Fsp3) is 0.136. The van der Waals surface area contributed by atoms with Crippen LogP contribution in [0.1, 0.15) is 21.5 Å². The molecule has 0 N–H and O–H groups in total. The molecule has 0 unspecified atom stereocenters. The highest BCUT2D eigenvalue weighted by molar-refractivity contribution is 7.79. The van der Waals surface area contributed by atoms with Crippen molar-refractivity contribution in [1.29, 1.82) is 0 Å². The van der Waals surface area contributed by atoms with Gasteiger partial charge in [-0.1, -0.05) is 71.3 Å². The van der Waals surface area contributed by atoms with Gasteiger partial charge in [0.15, 0.2) is 12.9 Å². The molecule has 0 aromatic heterocycles. The van der Waals surface area contributed by atoms with Crippen molar-refractivity contribution < 1.29 is 9.36 Å². The van der Waals surface area contributed by atoms with Crippen molar-refractivity contribution in [3.63, 3.8) is 0 Å². The third kappa shape index (κ3) is 3.98. The van der Waals surface area contributed by atoms with Gasteiger partial charge in [-0.2, -0.15) is 0 Å². The molecule has 3 aromatic rings. The molecule has 0 radical (unpaired) electrons. The summed E-state index contributed by atoms with van der Waals surface area (Å²) in [5, 5.41) is 1.98. The average Bonchev–Trinajstić information content (AvgIpc) is 2.63. The second-order valence-corrected chi connectivity index (χ2v) is 9.76. The van der Waals surface area contributed by atoms with Crippen LogP contribution < -0.4 is 10.6 Å². The third-order valence-electron chi connectivity index (χ3n) is 4.43. The fourth-order valence-corrected chi connectivity index (χ4v) is 5.47. The number of carbonyl (C=O) groups excluding carboxylic acids is 1. The molecule has 0 aliphatic rings. The van der Waals surface area contributed by atoms with E-state index in [1.165, 1.54) is 0 Å². The topological polar surface area (TPSA) is 34.1 Å². The summed E-state index contributed by atoms with van der Waals surface area (Å²) in [4.78, 5) is 12.8. The van der Waals surface area contributed by atoms with E-state index in [0.717, 1.165) is 11.1 Å². The smallest absolute Gasteiger partial charge is 0.170 e. The molecule has 26 heavy (non-hydrogen) atoms. The zero-order chi connectivity index (χ0) is 18.7. The quantitative estimate of drug-likeness (QED) is 0.451. The van der Waals surface area contributed by atoms with Crippen LogP contribution in [0, 0.1) is 13.8 Å². The zero-order valence-electron chi connectivity index (χ0n) is 14.8. The fourth-order valence-electron chi connectivity index (χ4n) is 2.83. The van der Waals surface area contributed by atoms with Crippen molar-refractivity contribution in [3.05, 3.63) is 94.5 Å². The van der Waals surface area contributed by atoms with E-state index >= 15 is 0 Å². The molecular weight excluding hydrogens is 363 g/mol. The SMILES string of the molecule is Cc1ccc(P(=O)(CC(=O)c2ccc(Cl)cc2)c2ccc(C)cc2)cc1. The maximum atomic E-state index is 14.0. The molecule has 0 atom stereocenters. The Morgan fingerprint density at radius 2 is 1.19 bits per heavy atom. The number of benzene rings is 3. The van der Waals surface area contributed by atoms with Crippen LogP contribution in [0.3, 0.4) is 0 Å². The summed E-state index contributed by atoms with van der Waals surface area (Å²) in [5.74, 6) is -0.147. The summed E-state index contributed by atoms with van der Waals surface area (Å²) in [5.41, 5.74) is 2.70. The molecule has 0 aliphatic carbocycles. The lowest BCUT2D eigenvalue weighted by Gasteiger charge is -2.19. The van der Waals surface area contributed by atoms with Crippen molar-refractivity contribution in [2.24, 2.45) is 0 Å². The van der Waals surface area contributed by atoms with Crippen LogP contribution in [-0.4, -0.2) is 11.9 Å². The summed E-state index contributed by atoms with van der Waals surface area (Å²) in [6, 6.07) is 21.9. The third-order valence-corrected chi connectivity index (χ3v) is 7.68. The van der Waals surface area contributed by atoms with E-state index in [0.29, 0.717) is 21.2 Å². The first-order valence-corrected chi connectivity index (χ1v) is 10.7. The van der Waals surface area contributed by atoms with Crippen LogP contribution in [0.5, 0.6) is 0 Å². The van der Waals surface area contributed by atoms with Crippen molar-refractivity contribution in [3.8, 4) is 0 Å². The van der Waals surface area contributed by atoms with Gasteiger partial charge in [0.2, 0.25) is 0 Å². The normalized spacial score (nSPS) is 11.3. The lowest BCUT2D eigenvalue weighted by molar-refractivity contribution is 0.102. The van der Waals surface area contributed by atoms with Gasteiger partial charge in [-0.3, -0.25) is 4.79 Å². The predicted octanol–water partition coefficient (Wildman–Crippen LogP) is 5.15. The van der Waals surface area contributed by atoms with Gasteiger partial charge in [0.1, 0.15) is 0 Å². The molecule has 0 amide bonds. The Morgan fingerprint density at radius 1 is 0.769 bits per heavy atom. The van der Waals surface area contributed by atoms with Crippen LogP contribution >= 0.6 is 18.7 Å². The molecule has 0 fully saturated rings. The molecule has 3 rings (SSSR count).